The van der Waals surface area contributed by atoms with Crippen LogP contribution in [0.4, 0.5) is 5.69 Å². The first-order valence-electron chi connectivity index (χ1n) is 6.34. The smallest absolute Gasteiger partial charge is 0.305 e. The highest BCUT2D eigenvalue weighted by Crippen LogP contribution is 2.11. The van der Waals surface area contributed by atoms with Crippen LogP contribution in [0, 0.1) is 6.92 Å². The molecule has 0 aromatic heterocycles. The third-order valence-corrected chi connectivity index (χ3v) is 2.51. The van der Waals surface area contributed by atoms with Gasteiger partial charge in [0.25, 0.3) is 5.91 Å². The highest BCUT2D eigenvalue weighted by atomic mass is 16.5. The largest absolute Gasteiger partial charge is 0.466 e. The van der Waals surface area contributed by atoms with E-state index >= 15 is 0 Å². The van der Waals surface area contributed by atoms with E-state index in [0.717, 1.165) is 5.56 Å². The van der Waals surface area contributed by atoms with Crippen LogP contribution in [0.15, 0.2) is 18.2 Å². The van der Waals surface area contributed by atoms with E-state index in [1.165, 1.54) is 0 Å². The molecule has 0 radical (unpaired) electrons. The Hall–Kier alpha value is -2.04. The van der Waals surface area contributed by atoms with E-state index in [1.807, 2.05) is 6.92 Å². The maximum atomic E-state index is 11.8. The summed E-state index contributed by atoms with van der Waals surface area (Å²) >= 11 is 0. The molecule has 0 aliphatic heterocycles. The zero-order chi connectivity index (χ0) is 14.3. The van der Waals surface area contributed by atoms with E-state index in [1.54, 1.807) is 25.1 Å². The second-order valence-electron chi connectivity index (χ2n) is 4.30. The van der Waals surface area contributed by atoms with Crippen LogP contribution in [0.2, 0.25) is 0 Å². The molecule has 5 nitrogen and oxygen atoms in total. The number of rotatable bonds is 6. The first-order chi connectivity index (χ1) is 9.02. The van der Waals surface area contributed by atoms with Crippen molar-refractivity contribution < 1.29 is 14.3 Å². The van der Waals surface area contributed by atoms with Gasteiger partial charge in [0, 0.05) is 24.2 Å². The van der Waals surface area contributed by atoms with Crippen molar-refractivity contribution >= 4 is 17.6 Å². The van der Waals surface area contributed by atoms with E-state index in [9.17, 15) is 9.59 Å². The Labute approximate surface area is 113 Å². The van der Waals surface area contributed by atoms with Gasteiger partial charge in [0.15, 0.2) is 0 Å². The second-order valence-corrected chi connectivity index (χ2v) is 4.30. The summed E-state index contributed by atoms with van der Waals surface area (Å²) in [5.74, 6) is -0.421. The Balaban J connectivity index is 2.37. The number of nitrogens with one attached hydrogen (secondary N) is 1. The lowest BCUT2D eigenvalue weighted by molar-refractivity contribution is -0.143. The molecular weight excluding hydrogens is 244 g/mol. The highest BCUT2D eigenvalue weighted by Gasteiger charge is 2.07. The Bertz CT molecular complexity index is 438. The molecule has 0 aliphatic rings. The van der Waals surface area contributed by atoms with Crippen molar-refractivity contribution in [2.45, 2.75) is 26.7 Å². The lowest BCUT2D eigenvalue weighted by atomic mass is 10.1. The fourth-order valence-electron chi connectivity index (χ4n) is 1.71. The van der Waals surface area contributed by atoms with Gasteiger partial charge in [-0.2, -0.15) is 0 Å². The van der Waals surface area contributed by atoms with Crippen molar-refractivity contribution in [2.24, 2.45) is 0 Å². The summed E-state index contributed by atoms with van der Waals surface area (Å²) in [5, 5.41) is 2.75. The van der Waals surface area contributed by atoms with Gasteiger partial charge >= 0.3 is 5.97 Å². The van der Waals surface area contributed by atoms with Gasteiger partial charge in [-0.1, -0.05) is 0 Å². The number of nitrogens with two attached hydrogens (primary N) is 1. The second kappa shape index (κ2) is 7.41. The predicted octanol–water partition coefficient (Wildman–Crippen LogP) is 1.65. The molecule has 0 saturated carbocycles. The van der Waals surface area contributed by atoms with Crippen molar-refractivity contribution in [2.75, 3.05) is 18.9 Å². The standard InChI is InChI=1S/C14H20N2O3/c1-3-19-13(17)5-4-6-16-14(18)11-7-10(2)8-12(15)9-11/h7-9H,3-6,15H2,1-2H3,(H,16,18). The Morgan fingerprint density at radius 2 is 2.05 bits per heavy atom. The fourth-order valence-corrected chi connectivity index (χ4v) is 1.71. The topological polar surface area (TPSA) is 81.4 Å². The molecule has 1 aromatic carbocycles. The molecule has 3 N–H and O–H groups in total. The van der Waals surface area contributed by atoms with E-state index in [-0.39, 0.29) is 11.9 Å². The van der Waals surface area contributed by atoms with Crippen LogP contribution < -0.4 is 11.1 Å². The van der Waals surface area contributed by atoms with Crippen LogP contribution in [0.25, 0.3) is 0 Å². The molecule has 0 bridgehead atoms. The van der Waals surface area contributed by atoms with Gasteiger partial charge in [-0.05, 0) is 44.0 Å². The number of ether oxygens (including phenoxy) is 1. The minimum Gasteiger partial charge on any atom is -0.466 e. The fraction of sp³-hybridized carbons (Fsp3) is 0.429. The summed E-state index contributed by atoms with van der Waals surface area (Å²) in [6.07, 6.45) is 0.871. The molecule has 0 fully saturated rings. The quantitative estimate of drug-likeness (QED) is 0.465. The number of esters is 1. The van der Waals surface area contributed by atoms with Crippen LogP contribution in [0.1, 0.15) is 35.7 Å². The monoisotopic (exact) mass is 264 g/mol. The van der Waals surface area contributed by atoms with Gasteiger partial charge in [-0.25, -0.2) is 0 Å². The third-order valence-electron chi connectivity index (χ3n) is 2.51. The van der Waals surface area contributed by atoms with Crippen molar-refractivity contribution in [3.05, 3.63) is 29.3 Å². The van der Waals surface area contributed by atoms with E-state index < -0.39 is 0 Å². The SMILES string of the molecule is CCOC(=O)CCCNC(=O)c1cc(C)cc(N)c1. The van der Waals surface area contributed by atoms with Crippen LogP contribution in [-0.4, -0.2) is 25.0 Å². The number of hydrogen-bond acceptors (Lipinski definition) is 4. The third kappa shape index (κ3) is 5.42. The maximum absolute atomic E-state index is 11.8. The molecule has 0 saturated heterocycles. The van der Waals surface area contributed by atoms with Crippen LogP contribution in [0.5, 0.6) is 0 Å². The zero-order valence-corrected chi connectivity index (χ0v) is 11.4. The van der Waals surface area contributed by atoms with Crippen LogP contribution >= 0.6 is 0 Å². The minimum absolute atomic E-state index is 0.181. The molecule has 19 heavy (non-hydrogen) atoms. The summed E-state index contributed by atoms with van der Waals surface area (Å²) < 4.78 is 4.80. The minimum atomic E-state index is -0.239. The summed E-state index contributed by atoms with van der Waals surface area (Å²) in [4.78, 5) is 22.9. The zero-order valence-electron chi connectivity index (χ0n) is 11.4. The Morgan fingerprint density at radius 1 is 1.32 bits per heavy atom. The Kier molecular flexibility index (Phi) is 5.85. The number of benzene rings is 1. The van der Waals surface area contributed by atoms with Crippen molar-refractivity contribution in [1.82, 2.24) is 5.32 Å². The summed E-state index contributed by atoms with van der Waals surface area (Å²) in [7, 11) is 0. The average molecular weight is 264 g/mol. The van der Waals surface area contributed by atoms with Crippen molar-refractivity contribution in [1.29, 1.82) is 0 Å². The van der Waals surface area contributed by atoms with E-state index in [2.05, 4.69) is 5.32 Å². The first-order valence-corrected chi connectivity index (χ1v) is 6.34. The lowest BCUT2D eigenvalue weighted by Crippen LogP contribution is -2.25. The van der Waals surface area contributed by atoms with Gasteiger partial charge < -0.3 is 15.8 Å². The highest BCUT2D eigenvalue weighted by molar-refractivity contribution is 5.95. The molecular formula is C14H20N2O3. The Morgan fingerprint density at radius 3 is 2.68 bits per heavy atom. The van der Waals surface area contributed by atoms with Gasteiger partial charge in [-0.15, -0.1) is 0 Å². The molecule has 0 spiro atoms. The molecule has 1 amide bonds. The number of carbonyl (C=O) groups excluding carboxylic acids is 2. The lowest BCUT2D eigenvalue weighted by Gasteiger charge is -2.07. The molecule has 0 unspecified atom stereocenters. The average Bonchev–Trinajstić information content (AvgIpc) is 2.33. The first kappa shape index (κ1) is 15.0. The number of nitrogen functional groups attached to an aromatic ring is 1. The van der Waals surface area contributed by atoms with Gasteiger partial charge in [0.05, 0.1) is 6.61 Å². The van der Waals surface area contributed by atoms with E-state index in [4.69, 9.17) is 10.5 Å². The van der Waals surface area contributed by atoms with Crippen molar-refractivity contribution in [3.8, 4) is 0 Å². The number of aryl methyl sites for hydroxylation is 1. The van der Waals surface area contributed by atoms with Gasteiger partial charge in [-0.3, -0.25) is 9.59 Å². The number of hydrogen-bond donors (Lipinski definition) is 2. The normalized spacial score (nSPS) is 10.0. The molecule has 1 rings (SSSR count). The summed E-state index contributed by atoms with van der Waals surface area (Å²) in [6, 6.07) is 5.21. The molecule has 0 atom stereocenters. The molecule has 104 valence electrons. The van der Waals surface area contributed by atoms with E-state index in [0.29, 0.717) is 37.2 Å². The molecule has 0 heterocycles. The molecule has 1 aromatic rings. The maximum Gasteiger partial charge on any atom is 0.305 e. The summed E-state index contributed by atoms with van der Waals surface area (Å²) in [5.41, 5.74) is 7.73. The molecule has 5 heteroatoms. The number of amides is 1. The summed E-state index contributed by atoms with van der Waals surface area (Å²) in [6.45, 7) is 4.47. The van der Waals surface area contributed by atoms with Crippen LogP contribution in [-0.2, 0) is 9.53 Å². The number of carbonyl (C=O) groups is 2. The van der Waals surface area contributed by atoms with Gasteiger partial charge in [0.1, 0.15) is 0 Å². The molecule has 0 aliphatic carbocycles. The van der Waals surface area contributed by atoms with Gasteiger partial charge in [0.2, 0.25) is 0 Å². The number of anilines is 1. The van der Waals surface area contributed by atoms with Crippen LogP contribution in [0.3, 0.4) is 0 Å². The predicted molar refractivity (Wildman–Crippen MR) is 73.8 cm³/mol. The van der Waals surface area contributed by atoms with Crippen molar-refractivity contribution in [3.63, 3.8) is 0 Å².